The molecular weight excluding hydrogens is 361 g/mol. The number of aromatic nitrogens is 1. The van der Waals surface area contributed by atoms with Crippen molar-refractivity contribution in [3.05, 3.63) is 77.6 Å². The van der Waals surface area contributed by atoms with Crippen molar-refractivity contribution in [3.63, 3.8) is 0 Å². The number of carbonyl (C=O) groups excluding carboxylic acids is 1. The quantitative estimate of drug-likeness (QED) is 0.369. The summed E-state index contributed by atoms with van der Waals surface area (Å²) in [6, 6.07) is 14.6. The first-order valence-electron chi connectivity index (χ1n) is 7.80. The second-order valence-corrected chi connectivity index (χ2v) is 5.57. The fraction of sp³-hybridized carbons (Fsp3) is 0.105. The van der Waals surface area contributed by atoms with Crippen molar-refractivity contribution in [1.29, 1.82) is 0 Å². The highest BCUT2D eigenvalue weighted by Gasteiger charge is 2.30. The van der Waals surface area contributed by atoms with Gasteiger partial charge in [0.2, 0.25) is 0 Å². The third kappa shape index (κ3) is 4.41. The van der Waals surface area contributed by atoms with E-state index in [-0.39, 0.29) is 11.3 Å². The van der Waals surface area contributed by atoms with Crippen LogP contribution in [0.4, 0.5) is 13.2 Å². The topological polar surface area (TPSA) is 64.7 Å². The van der Waals surface area contributed by atoms with E-state index in [9.17, 15) is 18.0 Å². The van der Waals surface area contributed by atoms with E-state index in [4.69, 9.17) is 9.36 Å². The number of nitrogens with zero attached hydrogens (tertiary/aromatic N) is 2. The van der Waals surface area contributed by atoms with E-state index < -0.39 is 17.7 Å². The van der Waals surface area contributed by atoms with Crippen molar-refractivity contribution < 1.29 is 27.3 Å². The second-order valence-electron chi connectivity index (χ2n) is 5.57. The molecule has 0 aliphatic rings. The molecule has 0 unspecified atom stereocenters. The Hall–Kier alpha value is -3.42. The van der Waals surface area contributed by atoms with Crippen molar-refractivity contribution in [3.8, 4) is 11.3 Å². The molecule has 0 saturated heterocycles. The third-order valence-electron chi connectivity index (χ3n) is 3.65. The van der Waals surface area contributed by atoms with Crippen molar-refractivity contribution in [1.82, 2.24) is 5.16 Å². The highest BCUT2D eigenvalue weighted by Crippen LogP contribution is 2.29. The average Bonchev–Trinajstić information content (AvgIpc) is 3.16. The van der Waals surface area contributed by atoms with Crippen LogP contribution in [0.25, 0.3) is 11.3 Å². The smallest absolute Gasteiger partial charge is 0.354 e. The van der Waals surface area contributed by atoms with Crippen LogP contribution in [0, 0.1) is 0 Å². The molecule has 0 radical (unpaired) electrons. The van der Waals surface area contributed by atoms with Crippen molar-refractivity contribution in [2.24, 2.45) is 5.16 Å². The fourth-order valence-electron chi connectivity index (χ4n) is 2.19. The summed E-state index contributed by atoms with van der Waals surface area (Å²) in [6.45, 7) is 1.55. The first-order chi connectivity index (χ1) is 12.8. The molecule has 8 heteroatoms. The maximum absolute atomic E-state index is 12.5. The molecule has 3 aromatic rings. The first-order valence-corrected chi connectivity index (χ1v) is 7.80. The van der Waals surface area contributed by atoms with Gasteiger partial charge in [0.25, 0.3) is 0 Å². The number of alkyl halides is 3. The van der Waals surface area contributed by atoms with Gasteiger partial charge in [-0.3, -0.25) is 0 Å². The number of hydrogen-bond donors (Lipinski definition) is 0. The summed E-state index contributed by atoms with van der Waals surface area (Å²) in [5, 5.41) is 7.58. The highest BCUT2D eigenvalue weighted by atomic mass is 19.4. The summed E-state index contributed by atoms with van der Waals surface area (Å²) in [5.74, 6) is -0.583. The normalized spacial score (nSPS) is 12.1. The summed E-state index contributed by atoms with van der Waals surface area (Å²) in [6.07, 6.45) is -4.47. The molecule has 1 aromatic heterocycles. The molecule has 0 atom stereocenters. The number of oxime groups is 1. The molecule has 0 saturated carbocycles. The zero-order valence-corrected chi connectivity index (χ0v) is 14.0. The van der Waals surface area contributed by atoms with Crippen LogP contribution in [-0.2, 0) is 11.0 Å². The minimum absolute atomic E-state index is 0.0536. The fourth-order valence-corrected chi connectivity index (χ4v) is 2.19. The summed E-state index contributed by atoms with van der Waals surface area (Å²) < 4.78 is 42.8. The van der Waals surface area contributed by atoms with E-state index in [0.717, 1.165) is 29.8 Å². The number of carbonyl (C=O) groups is 1. The second kappa shape index (κ2) is 7.45. The number of halogens is 3. The minimum Gasteiger partial charge on any atom is -0.354 e. The largest absolute Gasteiger partial charge is 0.416 e. The predicted molar refractivity (Wildman–Crippen MR) is 91.0 cm³/mol. The Bertz CT molecular complexity index is 962. The summed E-state index contributed by atoms with van der Waals surface area (Å²) in [4.78, 5) is 16.7. The van der Waals surface area contributed by atoms with E-state index in [0.29, 0.717) is 11.5 Å². The molecule has 5 nitrogen and oxygen atoms in total. The van der Waals surface area contributed by atoms with E-state index in [1.54, 1.807) is 13.0 Å². The van der Waals surface area contributed by atoms with Gasteiger partial charge in [0.05, 0.1) is 11.1 Å². The Kier molecular flexibility index (Phi) is 5.07. The lowest BCUT2D eigenvalue weighted by Gasteiger charge is -2.06. The van der Waals surface area contributed by atoms with Crippen LogP contribution in [0.1, 0.15) is 28.6 Å². The van der Waals surface area contributed by atoms with Crippen molar-refractivity contribution >= 4 is 11.7 Å². The van der Waals surface area contributed by atoms with Gasteiger partial charge in [-0.05, 0) is 31.2 Å². The van der Waals surface area contributed by atoms with Gasteiger partial charge in [0.1, 0.15) is 11.4 Å². The molecule has 0 aliphatic heterocycles. The summed E-state index contributed by atoms with van der Waals surface area (Å²) >= 11 is 0. The highest BCUT2D eigenvalue weighted by molar-refractivity contribution is 5.97. The monoisotopic (exact) mass is 374 g/mol. The van der Waals surface area contributed by atoms with Gasteiger partial charge in [-0.2, -0.15) is 13.2 Å². The summed E-state index contributed by atoms with van der Waals surface area (Å²) in [7, 11) is 0. The summed E-state index contributed by atoms with van der Waals surface area (Å²) in [5.41, 5.74) is 0.789. The molecule has 0 amide bonds. The van der Waals surface area contributed by atoms with E-state index in [1.807, 2.05) is 30.3 Å². The maximum atomic E-state index is 12.5. The zero-order chi connectivity index (χ0) is 19.4. The Labute approximate surface area is 152 Å². The first kappa shape index (κ1) is 18.4. The van der Waals surface area contributed by atoms with Gasteiger partial charge in [-0.25, -0.2) is 4.79 Å². The Morgan fingerprint density at radius 1 is 1.07 bits per heavy atom. The van der Waals surface area contributed by atoms with E-state index in [2.05, 4.69) is 10.3 Å². The molecule has 1 heterocycles. The SMILES string of the molecule is CC(=NOC(=O)c1ccc(C(F)(F)F)cc1)c1cc(-c2ccccc2)no1. The molecular formula is C19H13F3N2O3. The van der Waals surface area contributed by atoms with Gasteiger partial charge in [0.15, 0.2) is 5.76 Å². The van der Waals surface area contributed by atoms with Crippen LogP contribution in [0.3, 0.4) is 0 Å². The molecule has 0 fully saturated rings. The predicted octanol–water partition coefficient (Wildman–Crippen LogP) is 4.94. The van der Waals surface area contributed by atoms with Gasteiger partial charge in [0, 0.05) is 11.6 Å². The zero-order valence-electron chi connectivity index (χ0n) is 14.0. The van der Waals surface area contributed by atoms with E-state index in [1.165, 1.54) is 0 Å². The lowest BCUT2D eigenvalue weighted by atomic mass is 10.1. The van der Waals surface area contributed by atoms with Crippen LogP contribution in [0.5, 0.6) is 0 Å². The lowest BCUT2D eigenvalue weighted by molar-refractivity contribution is -0.137. The van der Waals surface area contributed by atoms with Crippen LogP contribution in [-0.4, -0.2) is 16.8 Å². The van der Waals surface area contributed by atoms with Crippen LogP contribution < -0.4 is 0 Å². The lowest BCUT2D eigenvalue weighted by Crippen LogP contribution is -2.07. The van der Waals surface area contributed by atoms with Crippen molar-refractivity contribution in [2.75, 3.05) is 0 Å². The minimum atomic E-state index is -4.47. The Balaban J connectivity index is 1.68. The molecule has 0 aliphatic carbocycles. The molecule has 0 spiro atoms. The van der Waals surface area contributed by atoms with Crippen LogP contribution in [0.15, 0.2) is 70.3 Å². The van der Waals surface area contributed by atoms with Crippen LogP contribution >= 0.6 is 0 Å². The standard InChI is InChI=1S/C19H13F3N2O3/c1-12(17-11-16(24-26-17)13-5-3-2-4-6-13)23-27-18(25)14-7-9-15(10-8-14)19(20,21)22/h2-11H,1H3. The number of benzene rings is 2. The van der Waals surface area contributed by atoms with Gasteiger partial charge in [-0.15, -0.1) is 0 Å². The third-order valence-corrected chi connectivity index (χ3v) is 3.65. The van der Waals surface area contributed by atoms with Crippen molar-refractivity contribution in [2.45, 2.75) is 13.1 Å². The van der Waals surface area contributed by atoms with Gasteiger partial charge in [-0.1, -0.05) is 40.6 Å². The van der Waals surface area contributed by atoms with Gasteiger partial charge >= 0.3 is 12.1 Å². The van der Waals surface area contributed by atoms with E-state index >= 15 is 0 Å². The molecule has 2 aromatic carbocycles. The Morgan fingerprint density at radius 2 is 1.74 bits per heavy atom. The number of rotatable bonds is 4. The van der Waals surface area contributed by atoms with Gasteiger partial charge < -0.3 is 9.36 Å². The molecule has 0 N–H and O–H groups in total. The molecule has 0 bridgehead atoms. The molecule has 3 rings (SSSR count). The number of hydrogen-bond acceptors (Lipinski definition) is 5. The maximum Gasteiger partial charge on any atom is 0.416 e. The van der Waals surface area contributed by atoms with Crippen LogP contribution in [0.2, 0.25) is 0 Å². The molecule has 27 heavy (non-hydrogen) atoms. The molecule has 138 valence electrons. The Morgan fingerprint density at radius 3 is 2.37 bits per heavy atom. The average molecular weight is 374 g/mol.